The van der Waals surface area contributed by atoms with Crippen molar-refractivity contribution in [3.63, 3.8) is 0 Å². The summed E-state index contributed by atoms with van der Waals surface area (Å²) in [6.07, 6.45) is 0. The predicted octanol–water partition coefficient (Wildman–Crippen LogP) is -0.0270. The second-order valence-electron chi connectivity index (χ2n) is 4.83. The fourth-order valence-electron chi connectivity index (χ4n) is 2.29. The van der Waals surface area contributed by atoms with Crippen LogP contribution >= 0.6 is 0 Å². The van der Waals surface area contributed by atoms with Crippen molar-refractivity contribution in [2.45, 2.75) is 18.7 Å². The van der Waals surface area contributed by atoms with E-state index in [0.29, 0.717) is 29.4 Å². The molecule has 0 spiro atoms. The molecule has 1 aliphatic rings. The van der Waals surface area contributed by atoms with Gasteiger partial charge in [-0.25, -0.2) is 8.42 Å². The van der Waals surface area contributed by atoms with Crippen molar-refractivity contribution in [1.29, 1.82) is 0 Å². The van der Waals surface area contributed by atoms with Crippen LogP contribution in [0.1, 0.15) is 11.4 Å². The van der Waals surface area contributed by atoms with Gasteiger partial charge in [-0.15, -0.1) is 0 Å². The van der Waals surface area contributed by atoms with Crippen molar-refractivity contribution in [2.75, 3.05) is 33.2 Å². The summed E-state index contributed by atoms with van der Waals surface area (Å²) in [6.45, 7) is 6.19. The topological polar surface area (TPSA) is 58.4 Å². The van der Waals surface area contributed by atoms with Gasteiger partial charge >= 0.3 is 0 Å². The Morgan fingerprint density at radius 2 is 1.61 bits per heavy atom. The fraction of sp³-hybridized carbons (Fsp3) is 0.727. The van der Waals surface area contributed by atoms with Gasteiger partial charge in [0.1, 0.15) is 4.90 Å². The molecule has 7 heteroatoms. The van der Waals surface area contributed by atoms with E-state index in [-0.39, 0.29) is 0 Å². The van der Waals surface area contributed by atoms with Gasteiger partial charge in [0.15, 0.2) is 0 Å². The summed E-state index contributed by atoms with van der Waals surface area (Å²) in [5.41, 5.74) is 1.28. The Kier molecular flexibility index (Phi) is 3.48. The number of hydrogen-bond donors (Lipinski definition) is 0. The van der Waals surface area contributed by atoms with E-state index >= 15 is 0 Å². The molecule has 1 aromatic rings. The second kappa shape index (κ2) is 4.64. The Bertz CT molecular complexity index is 542. The molecule has 1 fully saturated rings. The molecule has 2 rings (SSSR count). The number of aromatic nitrogens is 2. The molecular formula is C11H20N4O2S. The van der Waals surface area contributed by atoms with E-state index < -0.39 is 10.0 Å². The highest BCUT2D eigenvalue weighted by molar-refractivity contribution is 7.89. The van der Waals surface area contributed by atoms with Gasteiger partial charge in [0.25, 0.3) is 0 Å². The van der Waals surface area contributed by atoms with Crippen LogP contribution < -0.4 is 0 Å². The zero-order valence-corrected chi connectivity index (χ0v) is 12.2. The summed E-state index contributed by atoms with van der Waals surface area (Å²) in [6, 6.07) is 0. The number of likely N-dealkylation sites (N-methyl/N-ethyl adjacent to an activating group) is 1. The van der Waals surface area contributed by atoms with E-state index in [1.807, 2.05) is 7.05 Å². The average molecular weight is 272 g/mol. The molecule has 0 saturated carbocycles. The molecule has 0 bridgehead atoms. The van der Waals surface area contributed by atoms with Crippen molar-refractivity contribution in [3.05, 3.63) is 11.4 Å². The maximum atomic E-state index is 12.6. The summed E-state index contributed by atoms with van der Waals surface area (Å²) in [7, 11) is 0.371. The average Bonchev–Trinajstić information content (AvgIpc) is 2.54. The molecule has 18 heavy (non-hydrogen) atoms. The number of sulfonamides is 1. The first-order valence-electron chi connectivity index (χ1n) is 6.03. The molecular weight excluding hydrogens is 252 g/mol. The Balaban J connectivity index is 2.37. The van der Waals surface area contributed by atoms with Crippen LogP contribution in [0.25, 0.3) is 0 Å². The lowest BCUT2D eigenvalue weighted by atomic mass is 10.4. The van der Waals surface area contributed by atoms with Crippen molar-refractivity contribution >= 4 is 10.0 Å². The molecule has 1 saturated heterocycles. The van der Waals surface area contributed by atoms with Crippen molar-refractivity contribution < 1.29 is 8.42 Å². The number of aryl methyl sites for hydroxylation is 2. The van der Waals surface area contributed by atoms with E-state index in [1.165, 1.54) is 0 Å². The standard InChI is InChI=1S/C11H20N4O2S/c1-9-11(10(2)14(4)12-9)18(16,17)15-7-5-13(3)6-8-15/h5-8H2,1-4H3. The molecule has 1 aliphatic heterocycles. The number of rotatable bonds is 2. The zero-order chi connectivity index (χ0) is 13.5. The first-order valence-corrected chi connectivity index (χ1v) is 7.47. The summed E-state index contributed by atoms with van der Waals surface area (Å²) < 4.78 is 28.4. The first kappa shape index (κ1) is 13.5. The van der Waals surface area contributed by atoms with Crippen LogP contribution in [-0.4, -0.2) is 60.6 Å². The number of piperazine rings is 1. The summed E-state index contributed by atoms with van der Waals surface area (Å²) in [4.78, 5) is 2.50. The predicted molar refractivity (Wildman–Crippen MR) is 68.9 cm³/mol. The molecule has 0 amide bonds. The molecule has 102 valence electrons. The minimum Gasteiger partial charge on any atom is -0.304 e. The third kappa shape index (κ3) is 2.17. The van der Waals surface area contributed by atoms with Gasteiger partial charge in [-0.3, -0.25) is 4.68 Å². The van der Waals surface area contributed by atoms with Gasteiger partial charge in [-0.1, -0.05) is 0 Å². The van der Waals surface area contributed by atoms with Gasteiger partial charge < -0.3 is 4.90 Å². The second-order valence-corrected chi connectivity index (χ2v) is 6.71. The summed E-state index contributed by atoms with van der Waals surface area (Å²) in [5.74, 6) is 0. The van der Waals surface area contributed by atoms with E-state index in [9.17, 15) is 8.42 Å². The largest absolute Gasteiger partial charge is 0.304 e. The molecule has 0 radical (unpaired) electrons. The van der Waals surface area contributed by atoms with Gasteiger partial charge in [-0.05, 0) is 20.9 Å². The fourth-order valence-corrected chi connectivity index (χ4v) is 4.11. The van der Waals surface area contributed by atoms with Gasteiger partial charge in [0.05, 0.1) is 11.4 Å². The molecule has 0 aromatic carbocycles. The molecule has 1 aromatic heterocycles. The van der Waals surface area contributed by atoms with E-state index in [0.717, 1.165) is 13.1 Å². The van der Waals surface area contributed by atoms with E-state index in [1.54, 1.807) is 29.9 Å². The van der Waals surface area contributed by atoms with Gasteiger partial charge in [0.2, 0.25) is 10.0 Å². The highest BCUT2D eigenvalue weighted by Crippen LogP contribution is 2.23. The zero-order valence-electron chi connectivity index (χ0n) is 11.3. The molecule has 0 unspecified atom stereocenters. The van der Waals surface area contributed by atoms with Crippen molar-refractivity contribution in [2.24, 2.45) is 7.05 Å². The van der Waals surface area contributed by atoms with Crippen molar-refractivity contribution in [3.8, 4) is 0 Å². The van der Waals surface area contributed by atoms with Crippen LogP contribution in [0.2, 0.25) is 0 Å². The smallest absolute Gasteiger partial charge is 0.246 e. The molecule has 0 atom stereocenters. The normalized spacial score (nSPS) is 19.3. The molecule has 0 N–H and O–H groups in total. The van der Waals surface area contributed by atoms with Gasteiger partial charge in [0, 0.05) is 33.2 Å². The lowest BCUT2D eigenvalue weighted by Crippen LogP contribution is -2.47. The van der Waals surface area contributed by atoms with Crippen molar-refractivity contribution in [1.82, 2.24) is 19.0 Å². The Hall–Kier alpha value is -0.920. The Morgan fingerprint density at radius 1 is 1.06 bits per heavy atom. The highest BCUT2D eigenvalue weighted by atomic mass is 32.2. The maximum absolute atomic E-state index is 12.6. The minimum absolute atomic E-state index is 0.370. The van der Waals surface area contributed by atoms with Gasteiger partial charge in [-0.2, -0.15) is 9.40 Å². The molecule has 0 aliphatic carbocycles. The Morgan fingerprint density at radius 3 is 2.06 bits per heavy atom. The summed E-state index contributed by atoms with van der Waals surface area (Å²) >= 11 is 0. The van der Waals surface area contributed by atoms with E-state index in [4.69, 9.17) is 0 Å². The van der Waals surface area contributed by atoms with Crippen LogP contribution in [0.3, 0.4) is 0 Å². The van der Waals surface area contributed by atoms with Crippen LogP contribution in [0.4, 0.5) is 0 Å². The van der Waals surface area contributed by atoms with Crippen LogP contribution in [-0.2, 0) is 17.1 Å². The third-order valence-electron chi connectivity index (χ3n) is 3.50. The van der Waals surface area contributed by atoms with Crippen LogP contribution in [0.15, 0.2) is 4.90 Å². The van der Waals surface area contributed by atoms with Crippen LogP contribution in [0, 0.1) is 13.8 Å². The Labute approximate surface area is 108 Å². The van der Waals surface area contributed by atoms with Crippen LogP contribution in [0.5, 0.6) is 0 Å². The molecule has 6 nitrogen and oxygen atoms in total. The minimum atomic E-state index is -3.40. The lowest BCUT2D eigenvalue weighted by molar-refractivity contribution is 0.222. The third-order valence-corrected chi connectivity index (χ3v) is 5.65. The SMILES string of the molecule is Cc1nn(C)c(C)c1S(=O)(=O)N1CCN(C)CC1. The number of nitrogens with zero attached hydrogens (tertiary/aromatic N) is 4. The monoisotopic (exact) mass is 272 g/mol. The molecule has 2 heterocycles. The quantitative estimate of drug-likeness (QED) is 0.759. The maximum Gasteiger partial charge on any atom is 0.246 e. The highest BCUT2D eigenvalue weighted by Gasteiger charge is 2.32. The number of hydrogen-bond acceptors (Lipinski definition) is 4. The first-order chi connectivity index (χ1) is 8.34. The lowest BCUT2D eigenvalue weighted by Gasteiger charge is -2.31. The summed E-state index contributed by atoms with van der Waals surface area (Å²) in [5, 5.41) is 4.19. The van der Waals surface area contributed by atoms with E-state index in [2.05, 4.69) is 10.00 Å².